The number of benzene rings is 2. The van der Waals surface area contributed by atoms with Crippen molar-refractivity contribution in [3.05, 3.63) is 57.6 Å². The molecule has 0 spiro atoms. The topological polar surface area (TPSA) is 17.1 Å². The van der Waals surface area contributed by atoms with Gasteiger partial charge in [-0.1, -0.05) is 0 Å². The van der Waals surface area contributed by atoms with Gasteiger partial charge in [0.05, 0.1) is 0 Å². The van der Waals surface area contributed by atoms with Gasteiger partial charge in [0.25, 0.3) is 0 Å². The van der Waals surface area contributed by atoms with Crippen molar-refractivity contribution in [1.29, 1.82) is 0 Å². The second-order valence-electron chi connectivity index (χ2n) is 7.02. The average molecular weight is 387 g/mol. The number of hydrogen-bond acceptors (Lipinski definition) is 3. The summed E-state index contributed by atoms with van der Waals surface area (Å²) in [6, 6.07) is 8.93. The first-order chi connectivity index (χ1) is 12.3. The summed E-state index contributed by atoms with van der Waals surface area (Å²) in [6.45, 7) is 8.64. The molecule has 0 aromatic heterocycles. The Morgan fingerprint density at radius 1 is 0.692 bits per heavy atom. The quantitative estimate of drug-likeness (QED) is 0.482. The largest absolute Gasteiger partial charge is 0.300 e. The standard InChI is InChI=1S/C23H30OS2/c1-15-11-20(25-5)12-16(2)22(15)9-7-19(24)8-10-23-17(3)13-21(26-6)14-18(23)4/h11-14H,7-10H2,1-6H3. The molecule has 0 unspecified atom stereocenters. The lowest BCUT2D eigenvalue weighted by molar-refractivity contribution is -0.119. The molecule has 2 aromatic carbocycles. The molecule has 0 atom stereocenters. The molecule has 140 valence electrons. The molecule has 0 aliphatic rings. The van der Waals surface area contributed by atoms with Gasteiger partial charge in [-0.3, -0.25) is 4.79 Å². The summed E-state index contributed by atoms with van der Waals surface area (Å²) in [6.07, 6.45) is 7.20. The highest BCUT2D eigenvalue weighted by Gasteiger charge is 2.11. The third kappa shape index (κ3) is 5.40. The fraction of sp³-hybridized carbons (Fsp3) is 0.435. The first-order valence-corrected chi connectivity index (χ1v) is 11.6. The minimum atomic E-state index is 0.366. The van der Waals surface area contributed by atoms with Gasteiger partial charge in [0.15, 0.2) is 0 Å². The van der Waals surface area contributed by atoms with E-state index in [1.165, 1.54) is 43.2 Å². The maximum Gasteiger partial charge on any atom is 0.133 e. The number of carbonyl (C=O) groups is 1. The third-order valence-corrected chi connectivity index (χ3v) is 6.53. The number of carbonyl (C=O) groups excluding carboxylic acids is 1. The summed E-state index contributed by atoms with van der Waals surface area (Å²) >= 11 is 3.55. The average Bonchev–Trinajstić information content (AvgIpc) is 2.59. The Hall–Kier alpha value is -1.19. The number of rotatable bonds is 8. The summed E-state index contributed by atoms with van der Waals surface area (Å²) < 4.78 is 0. The van der Waals surface area contributed by atoms with Crippen LogP contribution in [0.3, 0.4) is 0 Å². The minimum absolute atomic E-state index is 0.366. The zero-order valence-electron chi connectivity index (χ0n) is 16.9. The van der Waals surface area contributed by atoms with Crippen molar-refractivity contribution in [2.24, 2.45) is 0 Å². The lowest BCUT2D eigenvalue weighted by Gasteiger charge is -2.13. The highest BCUT2D eigenvalue weighted by atomic mass is 32.2. The number of hydrogen-bond donors (Lipinski definition) is 0. The smallest absolute Gasteiger partial charge is 0.133 e. The predicted molar refractivity (Wildman–Crippen MR) is 117 cm³/mol. The van der Waals surface area contributed by atoms with Crippen LogP contribution >= 0.6 is 23.5 Å². The number of ketones is 1. The summed E-state index contributed by atoms with van der Waals surface area (Å²) in [7, 11) is 0. The zero-order valence-corrected chi connectivity index (χ0v) is 18.5. The summed E-state index contributed by atoms with van der Waals surface area (Å²) in [5.41, 5.74) is 7.91. The van der Waals surface area contributed by atoms with Crippen molar-refractivity contribution in [2.45, 2.75) is 63.2 Å². The molecule has 2 aromatic rings. The third-order valence-electron chi connectivity index (χ3n) is 5.12. The van der Waals surface area contributed by atoms with Gasteiger partial charge in [-0.2, -0.15) is 0 Å². The van der Waals surface area contributed by atoms with Gasteiger partial charge in [-0.15, -0.1) is 23.5 Å². The van der Waals surface area contributed by atoms with Crippen molar-refractivity contribution >= 4 is 29.3 Å². The minimum Gasteiger partial charge on any atom is -0.300 e. The first kappa shape index (κ1) is 21.1. The van der Waals surface area contributed by atoms with Crippen molar-refractivity contribution in [3.63, 3.8) is 0 Å². The van der Waals surface area contributed by atoms with Crippen LogP contribution in [0.4, 0.5) is 0 Å². The molecular formula is C23H30OS2. The van der Waals surface area contributed by atoms with Crippen molar-refractivity contribution in [2.75, 3.05) is 12.5 Å². The molecule has 0 aliphatic carbocycles. The second-order valence-corrected chi connectivity index (χ2v) is 8.78. The van der Waals surface area contributed by atoms with Gasteiger partial charge in [-0.25, -0.2) is 0 Å². The molecule has 0 aliphatic heterocycles. The summed E-state index contributed by atoms with van der Waals surface area (Å²) in [4.78, 5) is 15.1. The SMILES string of the molecule is CSc1cc(C)c(CCC(=O)CCc2c(C)cc(SC)cc2C)c(C)c1. The molecule has 0 amide bonds. The number of thioether (sulfide) groups is 2. The van der Waals surface area contributed by atoms with Crippen LogP contribution < -0.4 is 0 Å². The Balaban J connectivity index is 1.96. The van der Waals surface area contributed by atoms with Crippen molar-refractivity contribution in [1.82, 2.24) is 0 Å². The zero-order chi connectivity index (χ0) is 19.3. The van der Waals surface area contributed by atoms with E-state index in [9.17, 15) is 4.79 Å². The van der Waals surface area contributed by atoms with Gasteiger partial charge < -0.3 is 0 Å². The van der Waals surface area contributed by atoms with Crippen molar-refractivity contribution < 1.29 is 4.79 Å². The van der Waals surface area contributed by atoms with Crippen LogP contribution in [-0.4, -0.2) is 18.3 Å². The Morgan fingerprint density at radius 2 is 1.00 bits per heavy atom. The fourth-order valence-electron chi connectivity index (χ4n) is 3.59. The van der Waals surface area contributed by atoms with E-state index in [-0.39, 0.29) is 0 Å². The highest BCUT2D eigenvalue weighted by molar-refractivity contribution is 7.98. The van der Waals surface area contributed by atoms with Crippen LogP contribution in [0, 0.1) is 27.7 Å². The van der Waals surface area contributed by atoms with Crippen LogP contribution in [-0.2, 0) is 17.6 Å². The lowest BCUT2D eigenvalue weighted by Crippen LogP contribution is -2.06. The van der Waals surface area contributed by atoms with E-state index in [1.807, 2.05) is 0 Å². The predicted octanol–water partition coefficient (Wildman–Crippen LogP) is 6.50. The first-order valence-electron chi connectivity index (χ1n) is 9.15. The lowest BCUT2D eigenvalue weighted by atomic mass is 9.94. The molecular weight excluding hydrogens is 356 g/mol. The van der Waals surface area contributed by atoms with E-state index in [0.717, 1.165) is 12.8 Å². The Kier molecular flexibility index (Phi) is 7.85. The monoisotopic (exact) mass is 386 g/mol. The molecule has 0 fully saturated rings. The molecule has 0 N–H and O–H groups in total. The van der Waals surface area contributed by atoms with Crippen LogP contribution in [0.1, 0.15) is 46.2 Å². The van der Waals surface area contributed by atoms with E-state index in [4.69, 9.17) is 0 Å². The molecule has 3 heteroatoms. The molecule has 0 saturated carbocycles. The van der Waals surface area contributed by atoms with Gasteiger partial charge in [-0.05, 0) is 111 Å². The molecule has 0 heterocycles. The van der Waals surface area contributed by atoms with Crippen LogP contribution in [0.2, 0.25) is 0 Å². The number of aryl methyl sites for hydroxylation is 4. The van der Waals surface area contributed by atoms with E-state index in [2.05, 4.69) is 64.5 Å². The normalized spacial score (nSPS) is 11.0. The Bertz CT molecular complexity index is 681. The van der Waals surface area contributed by atoms with Gasteiger partial charge in [0.2, 0.25) is 0 Å². The van der Waals surface area contributed by atoms with E-state index in [0.29, 0.717) is 18.6 Å². The molecule has 0 bridgehead atoms. The van der Waals surface area contributed by atoms with E-state index < -0.39 is 0 Å². The van der Waals surface area contributed by atoms with Gasteiger partial charge in [0, 0.05) is 22.6 Å². The van der Waals surface area contributed by atoms with E-state index >= 15 is 0 Å². The Labute approximate surface area is 167 Å². The maximum atomic E-state index is 12.5. The van der Waals surface area contributed by atoms with Gasteiger partial charge in [0.1, 0.15) is 5.78 Å². The van der Waals surface area contributed by atoms with Crippen LogP contribution in [0.5, 0.6) is 0 Å². The molecule has 26 heavy (non-hydrogen) atoms. The van der Waals surface area contributed by atoms with Gasteiger partial charge >= 0.3 is 0 Å². The van der Waals surface area contributed by atoms with Crippen LogP contribution in [0.25, 0.3) is 0 Å². The maximum absolute atomic E-state index is 12.5. The summed E-state index contributed by atoms with van der Waals surface area (Å²) in [5.74, 6) is 0.366. The second kappa shape index (κ2) is 9.66. The number of Topliss-reactive ketones (excluding diaryl/α,β-unsaturated/α-hetero) is 1. The molecule has 0 radical (unpaired) electrons. The van der Waals surface area contributed by atoms with Crippen molar-refractivity contribution in [3.8, 4) is 0 Å². The van der Waals surface area contributed by atoms with E-state index in [1.54, 1.807) is 23.5 Å². The Morgan fingerprint density at radius 3 is 1.27 bits per heavy atom. The molecule has 1 nitrogen and oxygen atoms in total. The fourth-order valence-corrected chi connectivity index (χ4v) is 4.76. The van der Waals surface area contributed by atoms with Crippen LogP contribution in [0.15, 0.2) is 34.1 Å². The molecule has 2 rings (SSSR count). The molecule has 0 saturated heterocycles. The highest BCUT2D eigenvalue weighted by Crippen LogP contribution is 2.25. The summed E-state index contributed by atoms with van der Waals surface area (Å²) in [5, 5.41) is 0.